The Morgan fingerprint density at radius 2 is 1.88 bits per heavy atom. The number of nitrogens with one attached hydrogen (secondary N) is 1. The van der Waals surface area contributed by atoms with Crippen molar-refractivity contribution in [2.24, 2.45) is 0 Å². The molecule has 2 aromatic rings. The van der Waals surface area contributed by atoms with Crippen LogP contribution in [-0.2, 0) is 4.79 Å². The molecule has 1 atom stereocenters. The fraction of sp³-hybridized carbons (Fsp3) is 0.400. The summed E-state index contributed by atoms with van der Waals surface area (Å²) in [6.45, 7) is 7.97. The number of aromatic nitrogens is 1. The fourth-order valence-corrected chi connectivity index (χ4v) is 3.09. The van der Waals surface area contributed by atoms with Gasteiger partial charge in [0.05, 0.1) is 12.6 Å². The summed E-state index contributed by atoms with van der Waals surface area (Å²) in [5, 5.41) is 2.99. The molecular formula is C20H26N4O2. The minimum absolute atomic E-state index is 0.0143. The van der Waals surface area contributed by atoms with Crippen LogP contribution in [0.4, 0.5) is 11.5 Å². The maximum Gasteiger partial charge on any atom is 0.241 e. The second kappa shape index (κ2) is 8.67. The molecule has 2 heterocycles. The lowest BCUT2D eigenvalue weighted by molar-refractivity contribution is -0.120. The van der Waals surface area contributed by atoms with Crippen molar-refractivity contribution in [2.75, 3.05) is 43.0 Å². The van der Waals surface area contributed by atoms with Crippen molar-refractivity contribution in [1.29, 1.82) is 0 Å². The first-order valence-electron chi connectivity index (χ1n) is 9.11. The standard InChI is InChI=1S/C20H26N4O2/c1-3-26-18-9-7-17(8-10-18)22-20(25)16(2)23-12-14-24(15-13-23)19-6-4-5-11-21-19/h4-11,16H,3,12-15H2,1-2H3,(H,22,25)/t16-/m1/s1. The Kier molecular flexibility index (Phi) is 6.07. The van der Waals surface area contributed by atoms with Gasteiger partial charge < -0.3 is 15.0 Å². The van der Waals surface area contributed by atoms with E-state index < -0.39 is 0 Å². The number of piperazine rings is 1. The Morgan fingerprint density at radius 1 is 1.15 bits per heavy atom. The molecular weight excluding hydrogens is 328 g/mol. The summed E-state index contributed by atoms with van der Waals surface area (Å²) in [6, 6.07) is 13.3. The van der Waals surface area contributed by atoms with Crippen molar-refractivity contribution in [1.82, 2.24) is 9.88 Å². The van der Waals surface area contributed by atoms with E-state index in [1.165, 1.54) is 0 Å². The highest BCUT2D eigenvalue weighted by molar-refractivity contribution is 5.94. The smallest absolute Gasteiger partial charge is 0.241 e. The van der Waals surface area contributed by atoms with Crippen LogP contribution >= 0.6 is 0 Å². The molecule has 0 saturated carbocycles. The zero-order chi connectivity index (χ0) is 18.4. The molecule has 1 fully saturated rings. The predicted molar refractivity (Wildman–Crippen MR) is 104 cm³/mol. The molecule has 6 heteroatoms. The number of carbonyl (C=O) groups excluding carboxylic acids is 1. The summed E-state index contributed by atoms with van der Waals surface area (Å²) in [5.74, 6) is 1.82. The normalized spacial score (nSPS) is 16.2. The van der Waals surface area contributed by atoms with Crippen molar-refractivity contribution in [3.63, 3.8) is 0 Å². The van der Waals surface area contributed by atoms with Crippen LogP contribution in [0.1, 0.15) is 13.8 Å². The van der Waals surface area contributed by atoms with Gasteiger partial charge in [0.2, 0.25) is 5.91 Å². The largest absolute Gasteiger partial charge is 0.494 e. The monoisotopic (exact) mass is 354 g/mol. The molecule has 1 N–H and O–H groups in total. The minimum atomic E-state index is -0.174. The van der Waals surface area contributed by atoms with E-state index in [-0.39, 0.29) is 11.9 Å². The molecule has 1 aromatic heterocycles. The molecule has 26 heavy (non-hydrogen) atoms. The lowest BCUT2D eigenvalue weighted by Gasteiger charge is -2.37. The number of hydrogen-bond donors (Lipinski definition) is 1. The summed E-state index contributed by atoms with van der Waals surface area (Å²) >= 11 is 0. The number of amides is 1. The Labute approximate surface area is 154 Å². The van der Waals surface area contributed by atoms with Gasteiger partial charge in [-0.2, -0.15) is 0 Å². The summed E-state index contributed by atoms with van der Waals surface area (Å²) < 4.78 is 5.42. The quantitative estimate of drug-likeness (QED) is 0.864. The van der Waals surface area contributed by atoms with Gasteiger partial charge in [-0.25, -0.2) is 4.98 Å². The zero-order valence-corrected chi connectivity index (χ0v) is 15.4. The van der Waals surface area contributed by atoms with Crippen LogP contribution in [0, 0.1) is 0 Å². The Bertz CT molecular complexity index is 698. The molecule has 0 radical (unpaired) electrons. The van der Waals surface area contributed by atoms with Crippen LogP contribution in [0.2, 0.25) is 0 Å². The van der Waals surface area contributed by atoms with Gasteiger partial charge in [0.15, 0.2) is 0 Å². The number of anilines is 2. The van der Waals surface area contributed by atoms with E-state index in [1.54, 1.807) is 0 Å². The van der Waals surface area contributed by atoms with E-state index in [0.717, 1.165) is 43.4 Å². The molecule has 1 aliphatic rings. The minimum Gasteiger partial charge on any atom is -0.494 e. The lowest BCUT2D eigenvalue weighted by atomic mass is 10.2. The van der Waals surface area contributed by atoms with Crippen molar-refractivity contribution >= 4 is 17.4 Å². The van der Waals surface area contributed by atoms with Crippen LogP contribution in [-0.4, -0.2) is 54.6 Å². The van der Waals surface area contributed by atoms with E-state index in [4.69, 9.17) is 4.74 Å². The van der Waals surface area contributed by atoms with E-state index in [9.17, 15) is 4.79 Å². The first-order chi connectivity index (χ1) is 12.7. The second-order valence-electron chi connectivity index (χ2n) is 6.33. The Hall–Kier alpha value is -2.60. The maximum atomic E-state index is 12.6. The molecule has 138 valence electrons. The highest BCUT2D eigenvalue weighted by Gasteiger charge is 2.26. The Balaban J connectivity index is 1.51. The number of carbonyl (C=O) groups is 1. The fourth-order valence-electron chi connectivity index (χ4n) is 3.09. The van der Waals surface area contributed by atoms with Crippen LogP contribution in [0.5, 0.6) is 5.75 Å². The summed E-state index contributed by atoms with van der Waals surface area (Å²) in [6.07, 6.45) is 1.81. The lowest BCUT2D eigenvalue weighted by Crippen LogP contribution is -2.53. The number of pyridine rings is 1. The first kappa shape index (κ1) is 18.2. The average molecular weight is 354 g/mol. The molecule has 0 aliphatic carbocycles. The van der Waals surface area contributed by atoms with Crippen molar-refractivity contribution < 1.29 is 9.53 Å². The number of ether oxygens (including phenoxy) is 1. The predicted octanol–water partition coefficient (Wildman–Crippen LogP) is 2.63. The van der Waals surface area contributed by atoms with Crippen LogP contribution in [0.15, 0.2) is 48.7 Å². The third-order valence-electron chi connectivity index (χ3n) is 4.65. The van der Waals surface area contributed by atoms with Crippen LogP contribution in [0.25, 0.3) is 0 Å². The van der Waals surface area contributed by atoms with Gasteiger partial charge in [0.1, 0.15) is 11.6 Å². The molecule has 3 rings (SSSR count). The van der Waals surface area contributed by atoms with Gasteiger partial charge in [-0.15, -0.1) is 0 Å². The first-order valence-corrected chi connectivity index (χ1v) is 9.11. The van der Waals surface area contributed by atoms with Gasteiger partial charge in [-0.3, -0.25) is 9.69 Å². The SMILES string of the molecule is CCOc1ccc(NC(=O)[C@@H](C)N2CCN(c3ccccn3)CC2)cc1. The van der Waals surface area contributed by atoms with E-state index in [2.05, 4.69) is 20.1 Å². The summed E-state index contributed by atoms with van der Waals surface area (Å²) in [5.41, 5.74) is 0.789. The third-order valence-corrected chi connectivity index (χ3v) is 4.65. The highest BCUT2D eigenvalue weighted by atomic mass is 16.5. The number of benzene rings is 1. The van der Waals surface area contributed by atoms with E-state index in [1.807, 2.05) is 62.5 Å². The summed E-state index contributed by atoms with van der Waals surface area (Å²) in [4.78, 5) is 21.4. The van der Waals surface area contributed by atoms with Crippen molar-refractivity contribution in [3.8, 4) is 5.75 Å². The molecule has 0 spiro atoms. The third kappa shape index (κ3) is 4.52. The van der Waals surface area contributed by atoms with Gasteiger partial charge >= 0.3 is 0 Å². The van der Waals surface area contributed by atoms with E-state index >= 15 is 0 Å². The summed E-state index contributed by atoms with van der Waals surface area (Å²) in [7, 11) is 0. The Morgan fingerprint density at radius 3 is 2.50 bits per heavy atom. The molecule has 1 saturated heterocycles. The molecule has 6 nitrogen and oxygen atoms in total. The molecule has 1 aliphatic heterocycles. The van der Waals surface area contributed by atoms with Gasteiger partial charge in [-0.1, -0.05) is 6.07 Å². The van der Waals surface area contributed by atoms with Gasteiger partial charge in [0.25, 0.3) is 0 Å². The average Bonchev–Trinajstić information content (AvgIpc) is 2.70. The van der Waals surface area contributed by atoms with Gasteiger partial charge in [0, 0.05) is 38.1 Å². The number of hydrogen-bond acceptors (Lipinski definition) is 5. The molecule has 0 bridgehead atoms. The zero-order valence-electron chi connectivity index (χ0n) is 15.4. The topological polar surface area (TPSA) is 57.7 Å². The van der Waals surface area contributed by atoms with Crippen LogP contribution in [0.3, 0.4) is 0 Å². The van der Waals surface area contributed by atoms with Crippen molar-refractivity contribution in [2.45, 2.75) is 19.9 Å². The van der Waals surface area contributed by atoms with E-state index in [0.29, 0.717) is 6.61 Å². The van der Waals surface area contributed by atoms with Crippen LogP contribution < -0.4 is 15.0 Å². The molecule has 1 aromatic carbocycles. The van der Waals surface area contributed by atoms with Crippen molar-refractivity contribution in [3.05, 3.63) is 48.7 Å². The highest BCUT2D eigenvalue weighted by Crippen LogP contribution is 2.17. The van der Waals surface area contributed by atoms with Gasteiger partial charge in [-0.05, 0) is 50.2 Å². The maximum absolute atomic E-state index is 12.6. The second-order valence-corrected chi connectivity index (χ2v) is 6.33. The molecule has 1 amide bonds. The number of nitrogens with zero attached hydrogens (tertiary/aromatic N) is 3. The number of rotatable bonds is 6. The molecule has 0 unspecified atom stereocenters.